The molecule has 1 heterocycles. The molecular weight excluding hydrogens is 365 g/mol. The molecule has 3 rings (SSSR count). The van der Waals surface area contributed by atoms with Gasteiger partial charge in [-0.2, -0.15) is 0 Å². The number of hydrogen-bond acceptors (Lipinski definition) is 3. The van der Waals surface area contributed by atoms with Gasteiger partial charge in [-0.15, -0.1) is 11.3 Å². The van der Waals surface area contributed by atoms with Gasteiger partial charge in [0.1, 0.15) is 5.75 Å². The molecule has 128 valence electrons. The lowest BCUT2D eigenvalue weighted by atomic mass is 9.84. The molecular formula is C18H19Cl2NO2S. The number of halogens is 2. The highest BCUT2D eigenvalue weighted by Crippen LogP contribution is 2.42. The highest BCUT2D eigenvalue weighted by atomic mass is 35.5. The molecule has 0 radical (unpaired) electrons. The van der Waals surface area contributed by atoms with E-state index in [0.717, 1.165) is 12.8 Å². The van der Waals surface area contributed by atoms with Crippen LogP contribution in [0.25, 0.3) is 0 Å². The van der Waals surface area contributed by atoms with E-state index in [1.54, 1.807) is 29.5 Å². The Morgan fingerprint density at radius 2 is 2.04 bits per heavy atom. The maximum atomic E-state index is 12.2. The van der Waals surface area contributed by atoms with Crippen LogP contribution in [0.15, 0.2) is 35.7 Å². The zero-order valence-electron chi connectivity index (χ0n) is 13.2. The van der Waals surface area contributed by atoms with Gasteiger partial charge in [-0.3, -0.25) is 4.79 Å². The summed E-state index contributed by atoms with van der Waals surface area (Å²) in [6, 6.07) is 9.20. The molecule has 0 spiro atoms. The van der Waals surface area contributed by atoms with Crippen LogP contribution in [-0.4, -0.2) is 19.1 Å². The maximum absolute atomic E-state index is 12.2. The molecule has 0 bridgehead atoms. The van der Waals surface area contributed by atoms with Gasteiger partial charge in [-0.05, 0) is 42.5 Å². The Kier molecular flexibility index (Phi) is 5.69. The molecule has 1 fully saturated rings. The van der Waals surface area contributed by atoms with Crippen molar-refractivity contribution in [2.75, 3.05) is 13.2 Å². The van der Waals surface area contributed by atoms with Crippen LogP contribution >= 0.6 is 34.5 Å². The van der Waals surface area contributed by atoms with E-state index >= 15 is 0 Å². The van der Waals surface area contributed by atoms with E-state index in [2.05, 4.69) is 22.8 Å². The van der Waals surface area contributed by atoms with Crippen molar-refractivity contribution in [3.05, 3.63) is 50.6 Å². The fourth-order valence-electron chi connectivity index (χ4n) is 3.20. The maximum Gasteiger partial charge on any atom is 0.257 e. The lowest BCUT2D eigenvalue weighted by Gasteiger charge is -2.28. The van der Waals surface area contributed by atoms with Crippen molar-refractivity contribution < 1.29 is 9.53 Å². The lowest BCUT2D eigenvalue weighted by molar-refractivity contribution is -0.123. The Bertz CT molecular complexity index is 697. The van der Waals surface area contributed by atoms with Gasteiger partial charge in [-0.1, -0.05) is 42.1 Å². The summed E-state index contributed by atoms with van der Waals surface area (Å²) >= 11 is 13.7. The first-order valence-corrected chi connectivity index (χ1v) is 9.61. The molecule has 0 aliphatic heterocycles. The second kappa shape index (κ2) is 7.77. The number of benzene rings is 1. The van der Waals surface area contributed by atoms with Crippen LogP contribution in [0.4, 0.5) is 0 Å². The van der Waals surface area contributed by atoms with E-state index < -0.39 is 0 Å². The molecule has 24 heavy (non-hydrogen) atoms. The number of thiophene rings is 1. The Hall–Kier alpha value is -1.23. The Morgan fingerprint density at radius 3 is 2.71 bits per heavy atom. The fourth-order valence-corrected chi connectivity index (χ4v) is 4.65. The molecule has 1 saturated carbocycles. The van der Waals surface area contributed by atoms with E-state index in [1.807, 2.05) is 0 Å². The third-order valence-corrected chi connectivity index (χ3v) is 6.13. The normalized spacial score (nSPS) is 16.1. The summed E-state index contributed by atoms with van der Waals surface area (Å²) in [5.74, 6) is 0.328. The molecule has 1 aliphatic carbocycles. The van der Waals surface area contributed by atoms with Crippen molar-refractivity contribution in [1.82, 2.24) is 5.32 Å². The number of carbonyl (C=O) groups is 1. The molecule has 6 heteroatoms. The van der Waals surface area contributed by atoms with Crippen LogP contribution in [0.2, 0.25) is 10.0 Å². The van der Waals surface area contributed by atoms with Crippen LogP contribution in [0.5, 0.6) is 5.75 Å². The van der Waals surface area contributed by atoms with Crippen LogP contribution < -0.4 is 10.1 Å². The van der Waals surface area contributed by atoms with E-state index in [-0.39, 0.29) is 17.9 Å². The first kappa shape index (κ1) is 17.6. The van der Waals surface area contributed by atoms with Gasteiger partial charge >= 0.3 is 0 Å². The van der Waals surface area contributed by atoms with Crippen molar-refractivity contribution in [3.63, 3.8) is 0 Å². The van der Waals surface area contributed by atoms with Gasteiger partial charge in [-0.25, -0.2) is 0 Å². The van der Waals surface area contributed by atoms with Gasteiger partial charge in [0, 0.05) is 21.9 Å². The number of carbonyl (C=O) groups excluding carboxylic acids is 1. The second-order valence-corrected chi connectivity index (χ2v) is 7.90. The van der Waals surface area contributed by atoms with E-state index in [4.69, 9.17) is 27.9 Å². The number of nitrogens with one attached hydrogen (secondary N) is 1. The highest BCUT2D eigenvalue weighted by molar-refractivity contribution is 7.10. The predicted molar refractivity (Wildman–Crippen MR) is 99.4 cm³/mol. The van der Waals surface area contributed by atoms with Gasteiger partial charge in [0.25, 0.3) is 5.91 Å². The van der Waals surface area contributed by atoms with Gasteiger partial charge in [0.15, 0.2) is 6.61 Å². The minimum Gasteiger partial charge on any atom is -0.482 e. The predicted octanol–water partition coefficient (Wildman–Crippen LogP) is 5.06. The Morgan fingerprint density at radius 1 is 1.25 bits per heavy atom. The first-order chi connectivity index (χ1) is 11.6. The topological polar surface area (TPSA) is 38.3 Å². The minimum atomic E-state index is -0.135. The van der Waals surface area contributed by atoms with Crippen molar-refractivity contribution in [1.29, 1.82) is 0 Å². The lowest BCUT2D eigenvalue weighted by Crippen LogP contribution is -2.40. The number of amides is 1. The molecule has 2 aromatic rings. The van der Waals surface area contributed by atoms with Gasteiger partial charge in [0.05, 0.1) is 5.02 Å². The largest absolute Gasteiger partial charge is 0.482 e. The molecule has 0 atom stereocenters. The zero-order chi connectivity index (χ0) is 17.0. The highest BCUT2D eigenvalue weighted by Gasteiger charge is 2.36. The molecule has 1 N–H and O–H groups in total. The SMILES string of the molecule is O=C(COc1ccc(Cl)cc1Cl)NCC1(c2cccs2)CCCC1. The van der Waals surface area contributed by atoms with E-state index in [9.17, 15) is 4.79 Å². The van der Waals surface area contributed by atoms with Crippen molar-refractivity contribution in [2.45, 2.75) is 31.1 Å². The molecule has 1 aromatic heterocycles. The Balaban J connectivity index is 1.55. The monoisotopic (exact) mass is 383 g/mol. The number of ether oxygens (including phenoxy) is 1. The molecule has 1 amide bonds. The standard InChI is InChI=1S/C18H19Cl2NO2S/c19-13-5-6-15(14(20)10-13)23-11-17(22)21-12-18(7-1-2-8-18)16-4-3-9-24-16/h3-6,9-10H,1-2,7-8,11-12H2,(H,21,22). The minimum absolute atomic E-state index is 0.0537. The summed E-state index contributed by atoms with van der Waals surface area (Å²) in [5.41, 5.74) is 0.0851. The number of rotatable bonds is 6. The van der Waals surface area contributed by atoms with E-state index in [1.165, 1.54) is 17.7 Å². The van der Waals surface area contributed by atoms with E-state index in [0.29, 0.717) is 22.3 Å². The molecule has 0 unspecified atom stereocenters. The summed E-state index contributed by atoms with van der Waals surface area (Å²) < 4.78 is 5.49. The van der Waals surface area contributed by atoms with Crippen LogP contribution in [0.1, 0.15) is 30.6 Å². The first-order valence-electron chi connectivity index (χ1n) is 7.98. The smallest absolute Gasteiger partial charge is 0.257 e. The quantitative estimate of drug-likeness (QED) is 0.756. The summed E-state index contributed by atoms with van der Waals surface area (Å²) in [5, 5.41) is 6.07. The third kappa shape index (κ3) is 4.05. The zero-order valence-corrected chi connectivity index (χ0v) is 15.5. The summed E-state index contributed by atoms with van der Waals surface area (Å²) in [6.07, 6.45) is 4.67. The average molecular weight is 384 g/mol. The number of hydrogen-bond donors (Lipinski definition) is 1. The molecule has 0 saturated heterocycles. The van der Waals surface area contributed by atoms with Crippen molar-refractivity contribution >= 4 is 40.4 Å². The van der Waals surface area contributed by atoms with Gasteiger partial charge < -0.3 is 10.1 Å². The van der Waals surface area contributed by atoms with Crippen molar-refractivity contribution in [2.24, 2.45) is 0 Å². The molecule has 1 aliphatic rings. The Labute approximate surface area is 155 Å². The summed E-state index contributed by atoms with van der Waals surface area (Å²) in [4.78, 5) is 13.5. The second-order valence-electron chi connectivity index (χ2n) is 6.10. The summed E-state index contributed by atoms with van der Waals surface area (Å²) in [6.45, 7) is 0.603. The molecule has 3 nitrogen and oxygen atoms in total. The van der Waals surface area contributed by atoms with Gasteiger partial charge in [0.2, 0.25) is 0 Å². The summed E-state index contributed by atoms with van der Waals surface area (Å²) in [7, 11) is 0. The molecule has 1 aromatic carbocycles. The van der Waals surface area contributed by atoms with Crippen LogP contribution in [0, 0.1) is 0 Å². The third-order valence-electron chi connectivity index (χ3n) is 4.48. The van der Waals surface area contributed by atoms with Crippen molar-refractivity contribution in [3.8, 4) is 5.75 Å². The average Bonchev–Trinajstić information content (AvgIpc) is 3.24. The fraction of sp³-hybridized carbons (Fsp3) is 0.389. The van der Waals surface area contributed by atoms with Crippen LogP contribution in [0.3, 0.4) is 0 Å². The van der Waals surface area contributed by atoms with Crippen LogP contribution in [-0.2, 0) is 10.2 Å².